The molecule has 0 fully saturated rings. The fourth-order valence-electron chi connectivity index (χ4n) is 2.49. The average Bonchev–Trinajstić information content (AvgIpc) is 2.79. The third-order valence-corrected chi connectivity index (χ3v) is 3.80. The number of hydrogen-bond donors (Lipinski definition) is 3. The zero-order valence-electron chi connectivity index (χ0n) is 13.5. The van der Waals surface area contributed by atoms with Crippen molar-refractivity contribution in [3.05, 3.63) is 71.3 Å². The van der Waals surface area contributed by atoms with E-state index in [1.54, 1.807) is 0 Å². The zero-order valence-corrected chi connectivity index (χ0v) is 13.5. The lowest BCUT2D eigenvalue weighted by atomic mass is 10.0. The Labute approximate surface area is 137 Å². The van der Waals surface area contributed by atoms with Crippen LogP contribution in [0.15, 0.2) is 54.6 Å². The summed E-state index contributed by atoms with van der Waals surface area (Å²) in [5, 5.41) is 15.2. The number of aryl methyl sites for hydroxylation is 1. The van der Waals surface area contributed by atoms with Crippen molar-refractivity contribution in [3.63, 3.8) is 0 Å². The number of hydrogen-bond acceptors (Lipinski definition) is 3. The second kappa shape index (κ2) is 9.08. The molecule has 4 heteroatoms. The van der Waals surface area contributed by atoms with Crippen molar-refractivity contribution in [2.45, 2.75) is 25.5 Å². The number of nitrogens with one attached hydrogen (secondary N) is 2. The van der Waals surface area contributed by atoms with E-state index in [-0.39, 0.29) is 12.0 Å². The van der Waals surface area contributed by atoms with Crippen LogP contribution in [0.25, 0.3) is 0 Å². The first-order valence-corrected chi connectivity index (χ1v) is 7.92. The van der Waals surface area contributed by atoms with E-state index in [0.717, 1.165) is 12.0 Å². The van der Waals surface area contributed by atoms with Crippen molar-refractivity contribution in [1.29, 1.82) is 0 Å². The van der Waals surface area contributed by atoms with Crippen LogP contribution in [0.1, 0.15) is 29.2 Å². The van der Waals surface area contributed by atoms with Gasteiger partial charge in [0.05, 0.1) is 6.10 Å². The van der Waals surface area contributed by atoms with E-state index >= 15 is 0 Å². The molecule has 1 aliphatic heterocycles. The predicted octanol–water partition coefficient (Wildman–Crippen LogP) is 2.19. The van der Waals surface area contributed by atoms with Gasteiger partial charge in [0.2, 0.25) is 5.91 Å². The minimum absolute atomic E-state index is 0.159. The number of carbonyl (C=O) groups excluding carboxylic acids is 1. The summed E-state index contributed by atoms with van der Waals surface area (Å²) < 4.78 is 0. The molecule has 4 nitrogen and oxygen atoms in total. The molecule has 1 heterocycles. The molecule has 0 saturated heterocycles. The molecule has 0 bridgehead atoms. The van der Waals surface area contributed by atoms with E-state index in [0.29, 0.717) is 19.5 Å². The molecule has 1 atom stereocenters. The molecule has 0 saturated carbocycles. The van der Waals surface area contributed by atoms with Crippen molar-refractivity contribution in [2.75, 3.05) is 13.6 Å². The molecule has 2 aromatic carbocycles. The number of aliphatic hydroxyl groups excluding tert-OH is 1. The summed E-state index contributed by atoms with van der Waals surface area (Å²) in [4.78, 5) is 11.0. The molecule has 2 aromatic rings. The molecular weight excluding hydrogens is 288 g/mol. The largest absolute Gasteiger partial charge is 0.387 e. The number of likely N-dealkylation sites (N-methyl/N-ethyl adjacent to an activating group) is 1. The first-order valence-electron chi connectivity index (χ1n) is 7.92. The van der Waals surface area contributed by atoms with Crippen LogP contribution in [-0.4, -0.2) is 24.6 Å². The van der Waals surface area contributed by atoms with Gasteiger partial charge in [-0.1, -0.05) is 54.6 Å². The van der Waals surface area contributed by atoms with Crippen LogP contribution in [0.3, 0.4) is 0 Å². The highest BCUT2D eigenvalue weighted by Gasteiger charge is 2.10. The molecule has 3 rings (SSSR count). The molecular formula is C19H24N2O2. The van der Waals surface area contributed by atoms with Crippen LogP contribution in [0.5, 0.6) is 0 Å². The Kier molecular flexibility index (Phi) is 6.78. The Morgan fingerprint density at radius 1 is 1.04 bits per heavy atom. The van der Waals surface area contributed by atoms with Gasteiger partial charge in [0.1, 0.15) is 0 Å². The van der Waals surface area contributed by atoms with Crippen molar-refractivity contribution in [2.24, 2.45) is 0 Å². The van der Waals surface area contributed by atoms with Crippen molar-refractivity contribution >= 4 is 5.91 Å². The minimum atomic E-state index is -0.388. The minimum Gasteiger partial charge on any atom is -0.387 e. The van der Waals surface area contributed by atoms with Crippen molar-refractivity contribution < 1.29 is 9.90 Å². The van der Waals surface area contributed by atoms with E-state index < -0.39 is 0 Å². The summed E-state index contributed by atoms with van der Waals surface area (Å²) in [6.07, 6.45) is 1.11. The van der Waals surface area contributed by atoms with Crippen LogP contribution in [-0.2, 0) is 17.8 Å². The van der Waals surface area contributed by atoms with Gasteiger partial charge in [-0.3, -0.25) is 4.79 Å². The molecule has 1 aliphatic rings. The van der Waals surface area contributed by atoms with Gasteiger partial charge in [0.15, 0.2) is 0 Å². The van der Waals surface area contributed by atoms with Gasteiger partial charge in [-0.2, -0.15) is 0 Å². The van der Waals surface area contributed by atoms with E-state index in [2.05, 4.69) is 22.8 Å². The maximum Gasteiger partial charge on any atom is 0.220 e. The van der Waals surface area contributed by atoms with Gasteiger partial charge in [-0.05, 0) is 30.2 Å². The molecule has 1 unspecified atom stereocenters. The summed E-state index contributed by atoms with van der Waals surface area (Å²) in [7, 11) is 1.83. The molecule has 0 spiro atoms. The summed E-state index contributed by atoms with van der Waals surface area (Å²) in [6.45, 7) is 1.29. The van der Waals surface area contributed by atoms with E-state index in [1.807, 2.05) is 49.5 Å². The standard InChI is InChI=1S/C10H11NO.C9H13NO/c12-10-6-5-8-3-1-2-4-9(8)7-11-10;1-10-7-9(11)8-5-3-2-4-6-8/h1-4H,5-7H2,(H,11,12);2-6,9-11H,7H2,1H3. The molecule has 0 aromatic heterocycles. The second-order valence-electron chi connectivity index (χ2n) is 5.53. The van der Waals surface area contributed by atoms with Crippen LogP contribution >= 0.6 is 0 Å². The Balaban J connectivity index is 0.000000168. The molecule has 0 radical (unpaired) electrons. The van der Waals surface area contributed by atoms with Gasteiger partial charge in [0.25, 0.3) is 0 Å². The Morgan fingerprint density at radius 3 is 2.39 bits per heavy atom. The molecule has 122 valence electrons. The molecule has 3 N–H and O–H groups in total. The van der Waals surface area contributed by atoms with E-state index in [4.69, 9.17) is 0 Å². The monoisotopic (exact) mass is 312 g/mol. The quantitative estimate of drug-likeness (QED) is 0.814. The van der Waals surface area contributed by atoms with Crippen molar-refractivity contribution in [3.8, 4) is 0 Å². The number of benzene rings is 2. The normalized spacial score (nSPS) is 14.6. The predicted molar refractivity (Wildman–Crippen MR) is 91.9 cm³/mol. The van der Waals surface area contributed by atoms with Gasteiger partial charge < -0.3 is 15.7 Å². The zero-order chi connectivity index (χ0) is 16.5. The Hall–Kier alpha value is -2.17. The summed E-state index contributed by atoms with van der Waals surface area (Å²) >= 11 is 0. The fraction of sp³-hybridized carbons (Fsp3) is 0.316. The summed E-state index contributed by atoms with van der Waals surface area (Å²) in [5.74, 6) is 0.159. The summed E-state index contributed by atoms with van der Waals surface area (Å²) in [5.41, 5.74) is 3.51. The lowest BCUT2D eigenvalue weighted by Crippen LogP contribution is -2.20. The van der Waals surface area contributed by atoms with Gasteiger partial charge in [-0.15, -0.1) is 0 Å². The molecule has 23 heavy (non-hydrogen) atoms. The first kappa shape index (κ1) is 17.2. The first-order chi connectivity index (χ1) is 11.2. The van der Waals surface area contributed by atoms with E-state index in [1.165, 1.54) is 11.1 Å². The smallest absolute Gasteiger partial charge is 0.220 e. The van der Waals surface area contributed by atoms with E-state index in [9.17, 15) is 9.90 Å². The van der Waals surface area contributed by atoms with Crippen LogP contribution < -0.4 is 10.6 Å². The number of amides is 1. The molecule has 0 aliphatic carbocycles. The Bertz CT molecular complexity index is 585. The lowest BCUT2D eigenvalue weighted by Gasteiger charge is -2.08. The summed E-state index contributed by atoms with van der Waals surface area (Å²) in [6, 6.07) is 17.8. The van der Waals surface area contributed by atoms with Crippen LogP contribution in [0.2, 0.25) is 0 Å². The fourth-order valence-corrected chi connectivity index (χ4v) is 2.49. The van der Waals surface area contributed by atoms with Gasteiger partial charge in [0, 0.05) is 19.5 Å². The third-order valence-electron chi connectivity index (χ3n) is 3.80. The number of rotatable bonds is 3. The average molecular weight is 312 g/mol. The van der Waals surface area contributed by atoms with Gasteiger partial charge >= 0.3 is 0 Å². The lowest BCUT2D eigenvalue weighted by molar-refractivity contribution is -0.121. The maximum atomic E-state index is 11.0. The number of carbonyl (C=O) groups is 1. The SMILES string of the molecule is CNCC(O)c1ccccc1.O=C1CCc2ccccc2CN1. The third kappa shape index (κ3) is 5.51. The molecule has 1 amide bonds. The Morgan fingerprint density at radius 2 is 1.70 bits per heavy atom. The second-order valence-corrected chi connectivity index (χ2v) is 5.53. The van der Waals surface area contributed by atoms with Crippen LogP contribution in [0.4, 0.5) is 0 Å². The van der Waals surface area contributed by atoms with Crippen LogP contribution in [0, 0.1) is 0 Å². The van der Waals surface area contributed by atoms with Gasteiger partial charge in [-0.25, -0.2) is 0 Å². The number of aliphatic hydroxyl groups is 1. The van der Waals surface area contributed by atoms with Crippen molar-refractivity contribution in [1.82, 2.24) is 10.6 Å². The number of fused-ring (bicyclic) bond motifs is 1. The highest BCUT2D eigenvalue weighted by atomic mass is 16.3. The highest BCUT2D eigenvalue weighted by Crippen LogP contribution is 2.13. The maximum absolute atomic E-state index is 11.0. The topological polar surface area (TPSA) is 61.4 Å². The highest BCUT2D eigenvalue weighted by molar-refractivity contribution is 5.76.